The van der Waals surface area contributed by atoms with Gasteiger partial charge in [0.2, 0.25) is 15.9 Å². The van der Waals surface area contributed by atoms with E-state index in [0.29, 0.717) is 31.0 Å². The number of halogens is 1. The number of carbonyl (C=O) groups excluding carboxylic acids is 1. The number of hydrogen-bond donors (Lipinski definition) is 0. The molecule has 1 aromatic carbocycles. The molecule has 2 aliphatic rings. The van der Waals surface area contributed by atoms with Crippen LogP contribution >= 0.6 is 11.6 Å². The van der Waals surface area contributed by atoms with E-state index in [1.807, 2.05) is 24.3 Å². The second-order valence-electron chi connectivity index (χ2n) is 7.54. The molecule has 0 N–H and O–H groups in total. The average molecular weight is 400 g/mol. The molecule has 144 valence electrons. The van der Waals surface area contributed by atoms with Gasteiger partial charge in [0.15, 0.2) is 0 Å². The van der Waals surface area contributed by atoms with E-state index in [9.17, 15) is 13.2 Å². The van der Waals surface area contributed by atoms with Crippen LogP contribution in [0.2, 0.25) is 5.02 Å². The van der Waals surface area contributed by atoms with Crippen LogP contribution in [-0.4, -0.2) is 74.5 Å². The maximum atomic E-state index is 13.1. The lowest BCUT2D eigenvalue weighted by molar-refractivity contribution is -0.148. The van der Waals surface area contributed by atoms with Gasteiger partial charge in [-0.15, -0.1) is 0 Å². The molecule has 0 bridgehead atoms. The highest BCUT2D eigenvalue weighted by Gasteiger charge is 2.56. The van der Waals surface area contributed by atoms with Crippen LogP contribution in [0, 0.1) is 5.41 Å². The highest BCUT2D eigenvalue weighted by Crippen LogP contribution is 2.43. The SMILES string of the molecule is CN(C)C(=O)[C@]12CCS(=O)(=O)N(C)[C@@H]1CCN(Cc1ccccc1Cl)C2. The highest BCUT2D eigenvalue weighted by atomic mass is 35.5. The summed E-state index contributed by atoms with van der Waals surface area (Å²) in [6.07, 6.45) is 1.00. The monoisotopic (exact) mass is 399 g/mol. The molecule has 2 heterocycles. The van der Waals surface area contributed by atoms with E-state index < -0.39 is 15.4 Å². The molecule has 2 atom stereocenters. The summed E-state index contributed by atoms with van der Waals surface area (Å²) in [5.74, 6) is 0.0209. The van der Waals surface area contributed by atoms with E-state index in [0.717, 1.165) is 12.1 Å². The number of likely N-dealkylation sites (tertiary alicyclic amines) is 1. The highest BCUT2D eigenvalue weighted by molar-refractivity contribution is 7.89. The van der Waals surface area contributed by atoms with Crippen LogP contribution in [0.1, 0.15) is 18.4 Å². The van der Waals surface area contributed by atoms with Crippen molar-refractivity contribution in [1.82, 2.24) is 14.1 Å². The molecule has 1 amide bonds. The Morgan fingerprint density at radius 3 is 2.69 bits per heavy atom. The number of hydrogen-bond acceptors (Lipinski definition) is 4. The number of sulfonamides is 1. The predicted octanol–water partition coefficient (Wildman–Crippen LogP) is 1.65. The summed E-state index contributed by atoms with van der Waals surface area (Å²) in [4.78, 5) is 16.9. The standard InChI is InChI=1S/C18H26ClN3O3S/c1-20(2)17(23)18-9-11-26(24,25)21(3)16(18)8-10-22(13-18)12-14-6-4-5-7-15(14)19/h4-7,16H,8-13H2,1-3H3/t16-,18+/m1/s1. The second-order valence-corrected chi connectivity index (χ2v) is 10.1. The minimum Gasteiger partial charge on any atom is -0.348 e. The number of carbonyl (C=O) groups is 1. The lowest BCUT2D eigenvalue weighted by Crippen LogP contribution is -2.66. The Labute approximate surface area is 160 Å². The van der Waals surface area contributed by atoms with Gasteiger partial charge >= 0.3 is 0 Å². The van der Waals surface area contributed by atoms with Gasteiger partial charge in [-0.3, -0.25) is 9.69 Å². The molecule has 6 nitrogen and oxygen atoms in total. The summed E-state index contributed by atoms with van der Waals surface area (Å²) in [7, 11) is 1.80. The van der Waals surface area contributed by atoms with Gasteiger partial charge in [-0.2, -0.15) is 0 Å². The van der Waals surface area contributed by atoms with Crippen molar-refractivity contribution in [2.75, 3.05) is 40.0 Å². The van der Waals surface area contributed by atoms with E-state index in [4.69, 9.17) is 11.6 Å². The summed E-state index contributed by atoms with van der Waals surface area (Å²) in [6.45, 7) is 1.93. The number of fused-ring (bicyclic) bond motifs is 1. The van der Waals surface area contributed by atoms with Gasteiger partial charge in [0.25, 0.3) is 0 Å². The number of amides is 1. The number of benzene rings is 1. The molecular weight excluding hydrogens is 374 g/mol. The lowest BCUT2D eigenvalue weighted by atomic mass is 9.72. The fourth-order valence-corrected chi connectivity index (χ4v) is 6.15. The third-order valence-corrected chi connectivity index (χ3v) is 7.95. The third kappa shape index (κ3) is 3.38. The molecule has 0 unspecified atom stereocenters. The van der Waals surface area contributed by atoms with Crippen LogP contribution in [0.25, 0.3) is 0 Å². The van der Waals surface area contributed by atoms with Crippen LogP contribution in [0.3, 0.4) is 0 Å². The van der Waals surface area contributed by atoms with E-state index in [1.165, 1.54) is 4.31 Å². The number of piperidine rings is 1. The van der Waals surface area contributed by atoms with Crippen LogP contribution in [0.5, 0.6) is 0 Å². The van der Waals surface area contributed by atoms with Gasteiger partial charge in [0, 0.05) is 51.8 Å². The first-order valence-corrected chi connectivity index (χ1v) is 10.8. The Morgan fingerprint density at radius 1 is 1.35 bits per heavy atom. The fourth-order valence-electron chi connectivity index (χ4n) is 4.35. The maximum Gasteiger partial charge on any atom is 0.231 e. The third-order valence-electron chi connectivity index (χ3n) is 5.73. The van der Waals surface area contributed by atoms with E-state index in [-0.39, 0.29) is 17.7 Å². The molecule has 8 heteroatoms. The molecule has 2 aliphatic heterocycles. The Kier molecular flexibility index (Phi) is 5.36. The van der Waals surface area contributed by atoms with Crippen molar-refractivity contribution in [2.24, 2.45) is 5.41 Å². The molecule has 3 rings (SSSR count). The van der Waals surface area contributed by atoms with Crippen molar-refractivity contribution in [3.8, 4) is 0 Å². The predicted molar refractivity (Wildman–Crippen MR) is 102 cm³/mol. The zero-order chi connectivity index (χ0) is 19.1. The van der Waals surface area contributed by atoms with Crippen molar-refractivity contribution < 1.29 is 13.2 Å². The summed E-state index contributed by atoms with van der Waals surface area (Å²) in [6, 6.07) is 7.42. The molecule has 1 aromatic rings. The Balaban J connectivity index is 1.91. The fraction of sp³-hybridized carbons (Fsp3) is 0.611. The van der Waals surface area contributed by atoms with Crippen molar-refractivity contribution in [3.63, 3.8) is 0 Å². The van der Waals surface area contributed by atoms with E-state index in [2.05, 4.69) is 4.90 Å². The largest absolute Gasteiger partial charge is 0.348 e. The molecule has 2 saturated heterocycles. The maximum absolute atomic E-state index is 13.1. The van der Waals surface area contributed by atoms with Crippen LogP contribution in [-0.2, 0) is 21.4 Å². The first-order chi connectivity index (χ1) is 12.2. The minimum absolute atomic E-state index is 0.00751. The summed E-state index contributed by atoms with van der Waals surface area (Å²) in [5.41, 5.74) is 0.320. The van der Waals surface area contributed by atoms with Crippen molar-refractivity contribution in [3.05, 3.63) is 34.9 Å². The zero-order valence-electron chi connectivity index (χ0n) is 15.5. The smallest absolute Gasteiger partial charge is 0.231 e. The van der Waals surface area contributed by atoms with Gasteiger partial charge in [0.05, 0.1) is 11.2 Å². The van der Waals surface area contributed by atoms with Crippen molar-refractivity contribution in [2.45, 2.75) is 25.4 Å². The molecule has 0 radical (unpaired) electrons. The quantitative estimate of drug-likeness (QED) is 0.775. The molecule has 26 heavy (non-hydrogen) atoms. The molecule has 0 aromatic heterocycles. The first kappa shape index (κ1) is 19.6. The number of rotatable bonds is 3. The van der Waals surface area contributed by atoms with E-state index in [1.54, 1.807) is 26.0 Å². The van der Waals surface area contributed by atoms with Gasteiger partial charge < -0.3 is 4.90 Å². The molecule has 2 fully saturated rings. The van der Waals surface area contributed by atoms with Crippen LogP contribution in [0.15, 0.2) is 24.3 Å². The molecule has 0 aliphatic carbocycles. The number of nitrogens with zero attached hydrogens (tertiary/aromatic N) is 3. The van der Waals surface area contributed by atoms with Gasteiger partial charge in [-0.25, -0.2) is 12.7 Å². The zero-order valence-corrected chi connectivity index (χ0v) is 17.1. The van der Waals surface area contributed by atoms with Gasteiger partial charge in [-0.1, -0.05) is 29.8 Å². The molecular formula is C18H26ClN3O3S. The Bertz CT molecular complexity index is 799. The Hall–Kier alpha value is -1.15. The molecule has 0 saturated carbocycles. The van der Waals surface area contributed by atoms with Gasteiger partial charge in [-0.05, 0) is 24.5 Å². The average Bonchev–Trinajstić information content (AvgIpc) is 2.60. The summed E-state index contributed by atoms with van der Waals surface area (Å²) < 4.78 is 26.2. The Morgan fingerprint density at radius 2 is 2.04 bits per heavy atom. The lowest BCUT2D eigenvalue weighted by Gasteiger charge is -2.53. The molecule has 0 spiro atoms. The van der Waals surface area contributed by atoms with E-state index >= 15 is 0 Å². The first-order valence-electron chi connectivity index (χ1n) is 8.80. The second kappa shape index (κ2) is 7.11. The van der Waals surface area contributed by atoms with Crippen LogP contribution in [0.4, 0.5) is 0 Å². The summed E-state index contributed by atoms with van der Waals surface area (Å²) >= 11 is 6.30. The van der Waals surface area contributed by atoms with Gasteiger partial charge in [0.1, 0.15) is 0 Å². The van der Waals surface area contributed by atoms with Crippen molar-refractivity contribution in [1.29, 1.82) is 0 Å². The normalized spacial score (nSPS) is 29.2. The van der Waals surface area contributed by atoms with Crippen LogP contribution < -0.4 is 0 Å². The van der Waals surface area contributed by atoms with Crippen molar-refractivity contribution >= 4 is 27.5 Å². The summed E-state index contributed by atoms with van der Waals surface area (Å²) in [5, 5.41) is 0.714. The minimum atomic E-state index is -3.29. The topological polar surface area (TPSA) is 60.9 Å².